The van der Waals surface area contributed by atoms with E-state index < -0.39 is 20.5 Å². The number of imidazole rings is 4. The Labute approximate surface area is 523 Å². The van der Waals surface area contributed by atoms with E-state index in [1.165, 1.54) is 27.7 Å². The van der Waals surface area contributed by atoms with Gasteiger partial charge in [-0.15, -0.1) is 20.5 Å². The zero-order chi connectivity index (χ0) is 62.2. The number of benzene rings is 8. The first kappa shape index (κ1) is 72.9. The van der Waals surface area contributed by atoms with Gasteiger partial charge >= 0.3 is 16.8 Å². The Bertz CT molecular complexity index is 3070. The van der Waals surface area contributed by atoms with Gasteiger partial charge in [-0.2, -0.15) is 0 Å². The molecule has 0 bridgehead atoms. The SMILES string of the molecule is CC(C)=O.CC(C)=O.O.[Co+2].[O-][Cl+3]([O-])([O-])[O-].[O-][Cl+3]([O-])([O-])[O-].c1ccc(-c2nc[nH]c2-c2ccccc2)cc1.c1ccc(-c2nc[nH]c2-c2ccccc2)cc1.c1ccc(-c2nc[nH]c2-c2ccccc2)cc1.c1ccc(-c2nc[nH]c2-c2ccccc2)cc1. The molecule has 4 heterocycles. The molecule has 0 spiro atoms. The third-order valence-corrected chi connectivity index (χ3v) is 11.0. The van der Waals surface area contributed by atoms with Crippen LogP contribution in [-0.4, -0.2) is 56.9 Å². The number of carbonyl (C=O) groups excluding carboxylic acids is 2. The second-order valence-corrected chi connectivity index (χ2v) is 19.5. The van der Waals surface area contributed by atoms with Gasteiger partial charge in [0.2, 0.25) is 0 Å². The van der Waals surface area contributed by atoms with Crippen molar-refractivity contribution in [2.24, 2.45) is 0 Å². The first-order valence-electron chi connectivity index (χ1n) is 26.0. The van der Waals surface area contributed by atoms with Gasteiger partial charge in [-0.25, -0.2) is 57.2 Å². The maximum absolute atomic E-state index is 9.44. The van der Waals surface area contributed by atoms with Crippen LogP contribution in [0.3, 0.4) is 0 Å². The summed E-state index contributed by atoms with van der Waals surface area (Å²) in [6.07, 6.45) is 6.96. The zero-order valence-electron chi connectivity index (χ0n) is 47.9. The summed E-state index contributed by atoms with van der Waals surface area (Å²) in [5, 5.41) is 0. The number of H-pyrrole nitrogens is 4. The molecule has 22 heteroatoms. The smallest absolute Gasteiger partial charge is 0.412 e. The molecule has 12 aromatic rings. The normalized spacial score (nSPS) is 9.95. The van der Waals surface area contributed by atoms with Crippen LogP contribution in [0, 0.1) is 20.5 Å². The molecule has 8 aromatic carbocycles. The van der Waals surface area contributed by atoms with Crippen LogP contribution in [-0.2, 0) is 26.4 Å². The fraction of sp³-hybridized carbons (Fsp3) is 0.0606. The van der Waals surface area contributed by atoms with Crippen LogP contribution in [0.4, 0.5) is 0 Å². The van der Waals surface area contributed by atoms with Crippen LogP contribution in [0.25, 0.3) is 90.1 Å². The number of Topliss-reactive ketones (excluding diaryl/α,β-unsaturated/α-hetero) is 2. The van der Waals surface area contributed by atoms with Crippen molar-refractivity contribution in [2.75, 3.05) is 0 Å². The maximum atomic E-state index is 9.44. The first-order valence-corrected chi connectivity index (χ1v) is 28.5. The molecule has 455 valence electrons. The summed E-state index contributed by atoms with van der Waals surface area (Å²) in [7, 11) is -9.89. The maximum Gasteiger partial charge on any atom is 2.00 e. The number of rotatable bonds is 8. The molecule has 0 fully saturated rings. The van der Waals surface area contributed by atoms with Gasteiger partial charge < -0.3 is 35.0 Å². The van der Waals surface area contributed by atoms with E-state index in [-0.39, 0.29) is 33.8 Å². The van der Waals surface area contributed by atoms with E-state index in [9.17, 15) is 9.59 Å². The van der Waals surface area contributed by atoms with Crippen molar-refractivity contribution in [3.63, 3.8) is 0 Å². The van der Waals surface area contributed by atoms with Crippen molar-refractivity contribution in [3.05, 3.63) is 268 Å². The summed E-state index contributed by atoms with van der Waals surface area (Å²) in [5.74, 6) is 0.333. The zero-order valence-corrected chi connectivity index (χ0v) is 50.4. The molecule has 19 nitrogen and oxygen atoms in total. The summed E-state index contributed by atoms with van der Waals surface area (Å²) in [6, 6.07) is 81.8. The Morgan fingerprint density at radius 2 is 0.386 bits per heavy atom. The summed E-state index contributed by atoms with van der Waals surface area (Å²) in [6.45, 7) is 6.11. The molecule has 0 aliphatic carbocycles. The van der Waals surface area contributed by atoms with Crippen molar-refractivity contribution >= 4 is 11.6 Å². The standard InChI is InChI=1S/4C15H12N2.2C3H6O.2ClHO4.Co.H2O/c4*1-3-7-12(8-4-1)14-15(17-11-16-14)13-9-5-2-6-10-13;2*1-3(2)4;2*2-1(3,4)5;;/h4*1-11H,(H,16,17);2*1-2H3;2*(H,2,3,4,5);;1H2/q;;;;;;;;+2;/p-2. The minimum atomic E-state index is -4.94. The quantitative estimate of drug-likeness (QED) is 0.139. The molecule has 0 aliphatic rings. The number of carbonyl (C=O) groups is 2. The fourth-order valence-corrected chi connectivity index (χ4v) is 7.74. The van der Waals surface area contributed by atoms with Crippen LogP contribution >= 0.6 is 0 Å². The molecule has 12 rings (SSSR count). The van der Waals surface area contributed by atoms with Crippen molar-refractivity contribution in [1.29, 1.82) is 0 Å². The van der Waals surface area contributed by atoms with Gasteiger partial charge in [0.05, 0.1) is 70.9 Å². The number of ketones is 2. The number of aromatic nitrogens is 8. The molecule has 6 N–H and O–H groups in total. The third-order valence-electron chi connectivity index (χ3n) is 11.0. The van der Waals surface area contributed by atoms with E-state index in [1.54, 1.807) is 25.3 Å². The van der Waals surface area contributed by atoms with Crippen LogP contribution < -0.4 is 37.3 Å². The molecule has 0 aliphatic heterocycles. The molecule has 1 radical (unpaired) electrons. The summed E-state index contributed by atoms with van der Waals surface area (Å²) in [4.78, 5) is 49.4. The van der Waals surface area contributed by atoms with Gasteiger partial charge in [0.15, 0.2) is 0 Å². The Morgan fingerprint density at radius 1 is 0.273 bits per heavy atom. The summed E-state index contributed by atoms with van der Waals surface area (Å²) >= 11 is 0. The van der Waals surface area contributed by atoms with E-state index in [2.05, 4.69) is 137 Å². The number of nitrogens with zero attached hydrogens (tertiary/aromatic N) is 4. The predicted molar refractivity (Wildman–Crippen MR) is 314 cm³/mol. The molecule has 0 unspecified atom stereocenters. The topological polar surface area (TPSA) is 365 Å². The average molecular weight is 1270 g/mol. The number of aromatic amines is 4. The molecule has 0 amide bonds. The molecule has 0 atom stereocenters. The Balaban J connectivity index is 0.000000279. The predicted octanol–water partition coefficient (Wildman–Crippen LogP) is 5.83. The second kappa shape index (κ2) is 38.7. The van der Waals surface area contributed by atoms with Crippen molar-refractivity contribution in [2.45, 2.75) is 27.7 Å². The number of halogens is 2. The summed E-state index contributed by atoms with van der Waals surface area (Å²) in [5.41, 5.74) is 17.4. The van der Waals surface area contributed by atoms with Gasteiger partial charge in [-0.3, -0.25) is 0 Å². The molecular weight excluding hydrogens is 1210 g/mol. The van der Waals surface area contributed by atoms with E-state index in [4.69, 9.17) is 37.3 Å². The van der Waals surface area contributed by atoms with Crippen molar-refractivity contribution < 1.29 is 89.6 Å². The van der Waals surface area contributed by atoms with Gasteiger partial charge in [0, 0.05) is 44.5 Å². The van der Waals surface area contributed by atoms with Crippen LogP contribution in [0.2, 0.25) is 0 Å². The second-order valence-electron chi connectivity index (χ2n) is 18.0. The van der Waals surface area contributed by atoms with E-state index in [1.807, 2.05) is 146 Å². The van der Waals surface area contributed by atoms with E-state index in [0.29, 0.717) is 0 Å². The number of hydrogen-bond acceptors (Lipinski definition) is 14. The summed E-state index contributed by atoms with van der Waals surface area (Å²) < 4.78 is 67.9. The van der Waals surface area contributed by atoms with E-state index >= 15 is 0 Å². The number of hydrogen-bond donors (Lipinski definition) is 4. The minimum Gasteiger partial charge on any atom is -0.412 e. The molecule has 88 heavy (non-hydrogen) atoms. The van der Waals surface area contributed by atoms with Crippen LogP contribution in [0.15, 0.2) is 268 Å². The van der Waals surface area contributed by atoms with Crippen molar-refractivity contribution in [1.82, 2.24) is 39.9 Å². The Kier molecular flexibility index (Phi) is 32.0. The largest absolute Gasteiger partial charge is 2.00 e. The van der Waals surface area contributed by atoms with Crippen molar-refractivity contribution in [3.8, 4) is 90.1 Å². The average Bonchev–Trinajstić information content (AvgIpc) is 3.75. The minimum absolute atomic E-state index is 0. The van der Waals surface area contributed by atoms with Gasteiger partial charge in [-0.05, 0) is 27.7 Å². The number of nitrogens with one attached hydrogen (secondary N) is 4. The molecule has 4 aromatic heterocycles. The monoisotopic (exact) mass is 1270 g/mol. The van der Waals surface area contributed by atoms with Gasteiger partial charge in [0.25, 0.3) is 0 Å². The van der Waals surface area contributed by atoms with E-state index in [0.717, 1.165) is 90.1 Å². The Hall–Kier alpha value is -9.33. The van der Waals surface area contributed by atoms with Gasteiger partial charge in [-0.1, -0.05) is 243 Å². The van der Waals surface area contributed by atoms with Crippen LogP contribution in [0.5, 0.6) is 0 Å². The van der Waals surface area contributed by atoms with Crippen LogP contribution in [0.1, 0.15) is 27.7 Å². The first-order chi connectivity index (χ1) is 41.3. The molecule has 0 saturated carbocycles. The third kappa shape index (κ3) is 27.4. The Morgan fingerprint density at radius 3 is 0.511 bits per heavy atom. The molecular formula is C66H62Cl2CoN8O11. The molecule has 0 saturated heterocycles. The fourth-order valence-electron chi connectivity index (χ4n) is 7.74. The van der Waals surface area contributed by atoms with Gasteiger partial charge in [0.1, 0.15) is 11.6 Å².